The van der Waals surface area contributed by atoms with Crippen molar-refractivity contribution in [3.05, 3.63) is 23.8 Å². The van der Waals surface area contributed by atoms with Crippen LogP contribution in [0.25, 0.3) is 0 Å². The van der Waals surface area contributed by atoms with Crippen LogP contribution in [0.3, 0.4) is 0 Å². The average Bonchev–Trinajstić information content (AvgIpc) is 3.32. The number of hydrogen-bond donors (Lipinski definition) is 0. The summed E-state index contributed by atoms with van der Waals surface area (Å²) in [6.07, 6.45) is 2.58. The highest BCUT2D eigenvalue weighted by Crippen LogP contribution is 2.36. The summed E-state index contributed by atoms with van der Waals surface area (Å²) in [5.74, 6) is -0.183. The number of amides is 1. The predicted octanol–water partition coefficient (Wildman–Crippen LogP) is 0.834. The van der Waals surface area contributed by atoms with Crippen LogP contribution in [0.5, 0.6) is 5.75 Å². The SMILES string of the molecule is COc1ccc2c(c1)N(CN(C1CC1)[C@@H]1CCS(=O)(=O)C1)C(=O)C2=O. The van der Waals surface area contributed by atoms with Gasteiger partial charge < -0.3 is 4.74 Å². The predicted molar refractivity (Wildman–Crippen MR) is 91.6 cm³/mol. The number of hydrogen-bond acceptors (Lipinski definition) is 6. The smallest absolute Gasteiger partial charge is 0.300 e. The van der Waals surface area contributed by atoms with Gasteiger partial charge in [-0.05, 0) is 31.4 Å². The van der Waals surface area contributed by atoms with Crippen LogP contribution >= 0.6 is 0 Å². The topological polar surface area (TPSA) is 84.0 Å². The number of fused-ring (bicyclic) bond motifs is 1. The zero-order valence-electron chi connectivity index (χ0n) is 14.0. The normalized spacial score (nSPS) is 24.9. The third kappa shape index (κ3) is 2.93. The maximum Gasteiger partial charge on any atom is 0.300 e. The second-order valence-electron chi connectivity index (χ2n) is 6.89. The molecule has 7 nitrogen and oxygen atoms in total. The summed E-state index contributed by atoms with van der Waals surface area (Å²) < 4.78 is 28.9. The van der Waals surface area contributed by atoms with Crippen LogP contribution in [0.1, 0.15) is 29.6 Å². The minimum absolute atomic E-state index is 0.0879. The molecule has 2 fully saturated rings. The van der Waals surface area contributed by atoms with Gasteiger partial charge in [-0.2, -0.15) is 0 Å². The minimum Gasteiger partial charge on any atom is -0.497 e. The first kappa shape index (κ1) is 16.5. The van der Waals surface area contributed by atoms with Crippen LogP contribution in [-0.4, -0.2) is 62.4 Å². The molecule has 1 saturated heterocycles. The molecule has 0 aromatic heterocycles. The second-order valence-corrected chi connectivity index (χ2v) is 9.12. The molecule has 0 unspecified atom stereocenters. The number of carbonyl (C=O) groups is 2. The van der Waals surface area contributed by atoms with Crippen molar-refractivity contribution in [1.29, 1.82) is 0 Å². The monoisotopic (exact) mass is 364 g/mol. The Bertz CT molecular complexity index is 847. The zero-order chi connectivity index (χ0) is 17.8. The molecule has 3 aliphatic rings. The van der Waals surface area contributed by atoms with Crippen molar-refractivity contribution in [1.82, 2.24) is 4.90 Å². The van der Waals surface area contributed by atoms with Gasteiger partial charge in [0.05, 0.1) is 36.5 Å². The number of ketones is 1. The van der Waals surface area contributed by atoms with Crippen LogP contribution in [0.4, 0.5) is 5.69 Å². The van der Waals surface area contributed by atoms with Crippen molar-refractivity contribution in [2.24, 2.45) is 0 Å². The summed E-state index contributed by atoms with van der Waals surface area (Å²) in [5, 5.41) is 0. The number of carbonyl (C=O) groups excluding carboxylic acids is 2. The Kier molecular flexibility index (Phi) is 3.84. The number of Topliss-reactive ketones (excluding diaryl/α,β-unsaturated/α-hetero) is 1. The highest BCUT2D eigenvalue weighted by atomic mass is 32.2. The van der Waals surface area contributed by atoms with E-state index in [4.69, 9.17) is 4.74 Å². The summed E-state index contributed by atoms with van der Waals surface area (Å²) in [6.45, 7) is 0.246. The Morgan fingerprint density at radius 3 is 2.56 bits per heavy atom. The second kappa shape index (κ2) is 5.81. The van der Waals surface area contributed by atoms with E-state index in [1.165, 1.54) is 12.0 Å². The molecule has 0 bridgehead atoms. The molecule has 1 saturated carbocycles. The van der Waals surface area contributed by atoms with E-state index < -0.39 is 21.5 Å². The largest absolute Gasteiger partial charge is 0.497 e. The van der Waals surface area contributed by atoms with E-state index in [1.807, 2.05) is 0 Å². The third-order valence-electron chi connectivity index (χ3n) is 5.18. The maximum absolute atomic E-state index is 12.5. The molecule has 4 rings (SSSR count). The number of sulfone groups is 1. The highest BCUT2D eigenvalue weighted by Gasteiger charge is 2.43. The zero-order valence-corrected chi connectivity index (χ0v) is 14.8. The molecule has 134 valence electrons. The van der Waals surface area contributed by atoms with E-state index in [9.17, 15) is 18.0 Å². The molecule has 1 aromatic carbocycles. The van der Waals surface area contributed by atoms with Crippen molar-refractivity contribution < 1.29 is 22.7 Å². The number of ether oxygens (including phenoxy) is 1. The van der Waals surface area contributed by atoms with E-state index in [0.29, 0.717) is 23.4 Å². The maximum atomic E-state index is 12.5. The van der Waals surface area contributed by atoms with Crippen LogP contribution in [0.15, 0.2) is 18.2 Å². The third-order valence-corrected chi connectivity index (χ3v) is 6.93. The van der Waals surface area contributed by atoms with Gasteiger partial charge in [0, 0.05) is 18.2 Å². The lowest BCUT2D eigenvalue weighted by atomic mass is 10.1. The molecule has 0 spiro atoms. The fourth-order valence-corrected chi connectivity index (χ4v) is 5.42. The summed E-state index contributed by atoms with van der Waals surface area (Å²) >= 11 is 0. The van der Waals surface area contributed by atoms with Gasteiger partial charge in [-0.25, -0.2) is 8.42 Å². The van der Waals surface area contributed by atoms with Gasteiger partial charge in [0.25, 0.3) is 5.78 Å². The van der Waals surface area contributed by atoms with Crippen LogP contribution in [-0.2, 0) is 14.6 Å². The van der Waals surface area contributed by atoms with E-state index in [2.05, 4.69) is 4.90 Å². The Balaban J connectivity index is 1.63. The fraction of sp³-hybridized carbons (Fsp3) is 0.529. The van der Waals surface area contributed by atoms with Crippen molar-refractivity contribution in [2.45, 2.75) is 31.3 Å². The number of benzene rings is 1. The van der Waals surface area contributed by atoms with Crippen molar-refractivity contribution >= 4 is 27.2 Å². The van der Waals surface area contributed by atoms with E-state index >= 15 is 0 Å². The lowest BCUT2D eigenvalue weighted by Crippen LogP contribution is -2.47. The first-order valence-electron chi connectivity index (χ1n) is 8.40. The Hall–Kier alpha value is -1.93. The summed E-state index contributed by atoms with van der Waals surface area (Å²) in [7, 11) is -1.48. The standard InChI is InChI=1S/C17H20N2O5S/c1-24-13-4-5-14-15(8-13)19(17(21)16(14)20)10-18(11-2-3-11)12-6-7-25(22,23)9-12/h4-5,8,11-12H,2-3,6-7,9-10H2,1H3/t12-/m1/s1. The van der Waals surface area contributed by atoms with Crippen LogP contribution in [0.2, 0.25) is 0 Å². The van der Waals surface area contributed by atoms with Crippen LogP contribution < -0.4 is 9.64 Å². The molecular weight excluding hydrogens is 344 g/mol. The molecule has 8 heteroatoms. The van der Waals surface area contributed by atoms with Gasteiger partial charge in [-0.15, -0.1) is 0 Å². The lowest BCUT2D eigenvalue weighted by molar-refractivity contribution is -0.114. The number of anilines is 1. The van der Waals surface area contributed by atoms with Gasteiger partial charge in [0.2, 0.25) is 0 Å². The van der Waals surface area contributed by atoms with E-state index in [-0.39, 0.29) is 30.3 Å². The van der Waals surface area contributed by atoms with Crippen molar-refractivity contribution in [2.75, 3.05) is 30.2 Å². The molecule has 2 heterocycles. The first-order chi connectivity index (χ1) is 11.9. The van der Waals surface area contributed by atoms with E-state index in [0.717, 1.165) is 12.8 Å². The fourth-order valence-electron chi connectivity index (χ4n) is 3.68. The number of rotatable bonds is 5. The molecule has 2 aliphatic heterocycles. The molecule has 1 aromatic rings. The molecule has 0 N–H and O–H groups in total. The quantitative estimate of drug-likeness (QED) is 0.720. The Labute approximate surface area is 146 Å². The van der Waals surface area contributed by atoms with Gasteiger partial charge in [0.1, 0.15) is 5.75 Å². The molecular formula is C17H20N2O5S. The average molecular weight is 364 g/mol. The molecule has 1 atom stereocenters. The van der Waals surface area contributed by atoms with Crippen molar-refractivity contribution in [3.8, 4) is 5.75 Å². The summed E-state index contributed by atoms with van der Waals surface area (Å²) in [5.41, 5.74) is 0.918. The summed E-state index contributed by atoms with van der Waals surface area (Å²) in [4.78, 5) is 28.3. The van der Waals surface area contributed by atoms with Crippen LogP contribution in [0, 0.1) is 0 Å². The summed E-state index contributed by atoms with van der Waals surface area (Å²) in [6, 6.07) is 5.16. The molecule has 25 heavy (non-hydrogen) atoms. The van der Waals surface area contributed by atoms with Gasteiger partial charge in [-0.1, -0.05) is 0 Å². The number of nitrogens with zero attached hydrogens (tertiary/aromatic N) is 2. The molecule has 0 radical (unpaired) electrons. The first-order valence-corrected chi connectivity index (χ1v) is 10.2. The molecule has 1 amide bonds. The van der Waals surface area contributed by atoms with Gasteiger partial charge in [0.15, 0.2) is 9.84 Å². The van der Waals surface area contributed by atoms with E-state index in [1.54, 1.807) is 18.2 Å². The minimum atomic E-state index is -3.01. The lowest BCUT2D eigenvalue weighted by Gasteiger charge is -2.32. The van der Waals surface area contributed by atoms with Crippen molar-refractivity contribution in [3.63, 3.8) is 0 Å². The van der Waals surface area contributed by atoms with Gasteiger partial charge >= 0.3 is 5.91 Å². The molecule has 1 aliphatic carbocycles. The Morgan fingerprint density at radius 1 is 1.20 bits per heavy atom. The van der Waals surface area contributed by atoms with Gasteiger partial charge in [-0.3, -0.25) is 19.4 Å². The number of methoxy groups -OCH3 is 1. The Morgan fingerprint density at radius 2 is 1.96 bits per heavy atom. The highest BCUT2D eigenvalue weighted by molar-refractivity contribution is 7.91.